The maximum atomic E-state index is 12.9. The molecule has 0 saturated heterocycles. The topological polar surface area (TPSA) is 51.1 Å². The Morgan fingerprint density at radius 1 is 1.04 bits per heavy atom. The normalized spacial score (nSPS) is 13.1. The van der Waals surface area contributed by atoms with Crippen LogP contribution in [0, 0.1) is 0 Å². The van der Waals surface area contributed by atoms with E-state index in [0.717, 1.165) is 48.8 Å². The number of hydrogen-bond acceptors (Lipinski definition) is 5. The molecule has 2 aromatic rings. The molecule has 3 rings (SSSR count). The second kappa shape index (κ2) is 10.9. The summed E-state index contributed by atoms with van der Waals surface area (Å²) in [6, 6.07) is 15.1. The summed E-state index contributed by atoms with van der Waals surface area (Å²) in [4.78, 5) is 19.6. The van der Waals surface area contributed by atoms with E-state index >= 15 is 0 Å². The van der Waals surface area contributed by atoms with Gasteiger partial charge in [-0.1, -0.05) is 0 Å². The summed E-state index contributed by atoms with van der Waals surface area (Å²) >= 11 is 0. The lowest BCUT2D eigenvalue weighted by Crippen LogP contribution is -2.37. The molecule has 0 aromatic heterocycles. The highest BCUT2D eigenvalue weighted by atomic mass is 79.9. The maximum absolute atomic E-state index is 12.9. The van der Waals surface area contributed by atoms with Crippen molar-refractivity contribution >= 4 is 34.3 Å². The van der Waals surface area contributed by atoms with Crippen molar-refractivity contribution in [2.24, 2.45) is 4.99 Å². The highest BCUT2D eigenvalue weighted by molar-refractivity contribution is 8.93. The summed E-state index contributed by atoms with van der Waals surface area (Å²) in [7, 11) is 1.65. The lowest BCUT2D eigenvalue weighted by atomic mass is 10.1. The van der Waals surface area contributed by atoms with Crippen molar-refractivity contribution in [3.8, 4) is 11.5 Å². The van der Waals surface area contributed by atoms with E-state index in [1.165, 1.54) is 0 Å². The van der Waals surface area contributed by atoms with Crippen LogP contribution in [0.1, 0.15) is 36.5 Å². The molecule has 0 saturated carbocycles. The largest absolute Gasteiger partial charge is 0.497 e. The third-order valence-corrected chi connectivity index (χ3v) is 4.59. The van der Waals surface area contributed by atoms with Crippen molar-refractivity contribution in [2.75, 3.05) is 31.7 Å². The molecule has 0 spiro atoms. The van der Waals surface area contributed by atoms with Crippen molar-refractivity contribution < 1.29 is 14.3 Å². The standard InChI is InChI=1S/C22H26N2O3.BrH/c1-3-27-20-11-7-17(8-12-20)21(25)16-24(22-6-4-5-15-23-22)18-9-13-19(26-2)14-10-18;/h7-14H,3-6,15-16H2,1-2H3;1H. The zero-order valence-electron chi connectivity index (χ0n) is 16.4. The molecular formula is C22H27BrN2O3. The second-order valence-electron chi connectivity index (χ2n) is 6.42. The quantitative estimate of drug-likeness (QED) is 0.564. The summed E-state index contributed by atoms with van der Waals surface area (Å²) < 4.78 is 10.7. The fourth-order valence-corrected chi connectivity index (χ4v) is 3.13. The van der Waals surface area contributed by atoms with E-state index in [2.05, 4.69) is 4.99 Å². The zero-order chi connectivity index (χ0) is 19.1. The van der Waals surface area contributed by atoms with Gasteiger partial charge in [-0.15, -0.1) is 17.0 Å². The Labute approximate surface area is 177 Å². The molecule has 0 amide bonds. The van der Waals surface area contributed by atoms with Gasteiger partial charge < -0.3 is 14.4 Å². The number of carbonyl (C=O) groups is 1. The first-order valence-electron chi connectivity index (χ1n) is 9.42. The van der Waals surface area contributed by atoms with Crippen molar-refractivity contribution in [3.63, 3.8) is 0 Å². The summed E-state index contributed by atoms with van der Waals surface area (Å²) in [6.07, 6.45) is 3.10. The molecule has 6 heteroatoms. The van der Waals surface area contributed by atoms with E-state index < -0.39 is 0 Å². The average Bonchev–Trinajstić information content (AvgIpc) is 2.73. The summed E-state index contributed by atoms with van der Waals surface area (Å²) in [5, 5.41) is 0. The monoisotopic (exact) mass is 446 g/mol. The summed E-state index contributed by atoms with van der Waals surface area (Å²) in [6.45, 7) is 3.63. The van der Waals surface area contributed by atoms with Gasteiger partial charge in [0.2, 0.25) is 0 Å². The maximum Gasteiger partial charge on any atom is 0.182 e. The SMILES string of the molecule is Br.CCOc1ccc(C(=O)CN(C2=NCCCC2)c2ccc(OC)cc2)cc1. The van der Waals surface area contributed by atoms with Crippen molar-refractivity contribution in [3.05, 3.63) is 54.1 Å². The van der Waals surface area contributed by atoms with Crippen LogP contribution < -0.4 is 14.4 Å². The molecule has 0 radical (unpaired) electrons. The van der Waals surface area contributed by atoms with Crippen LogP contribution >= 0.6 is 17.0 Å². The number of benzene rings is 2. The predicted molar refractivity (Wildman–Crippen MR) is 119 cm³/mol. The van der Waals surface area contributed by atoms with E-state index in [1.54, 1.807) is 7.11 Å². The highest BCUT2D eigenvalue weighted by Gasteiger charge is 2.20. The zero-order valence-corrected chi connectivity index (χ0v) is 18.1. The molecular weight excluding hydrogens is 420 g/mol. The Bertz CT molecular complexity index is 788. The number of amidine groups is 1. The molecule has 0 aliphatic carbocycles. The van der Waals surface area contributed by atoms with Gasteiger partial charge in [-0.2, -0.15) is 0 Å². The number of rotatable bonds is 7. The molecule has 28 heavy (non-hydrogen) atoms. The van der Waals surface area contributed by atoms with Gasteiger partial charge in [0, 0.05) is 24.2 Å². The van der Waals surface area contributed by atoms with Gasteiger partial charge in [0.1, 0.15) is 17.3 Å². The minimum Gasteiger partial charge on any atom is -0.497 e. The molecule has 150 valence electrons. The number of halogens is 1. The highest BCUT2D eigenvalue weighted by Crippen LogP contribution is 2.23. The van der Waals surface area contributed by atoms with Gasteiger partial charge in [-0.3, -0.25) is 9.79 Å². The number of nitrogens with zero attached hydrogens (tertiary/aromatic N) is 2. The Hall–Kier alpha value is -2.34. The lowest BCUT2D eigenvalue weighted by Gasteiger charge is -2.28. The van der Waals surface area contributed by atoms with Gasteiger partial charge in [0.05, 0.1) is 20.3 Å². The van der Waals surface area contributed by atoms with Gasteiger partial charge in [-0.05, 0) is 68.3 Å². The summed E-state index contributed by atoms with van der Waals surface area (Å²) in [5.74, 6) is 2.60. The number of methoxy groups -OCH3 is 1. The first kappa shape index (κ1) is 22.0. The first-order valence-corrected chi connectivity index (χ1v) is 9.42. The number of ketones is 1. The van der Waals surface area contributed by atoms with Crippen LogP contribution in [0.5, 0.6) is 11.5 Å². The van der Waals surface area contributed by atoms with Crippen LogP contribution in [0.2, 0.25) is 0 Å². The van der Waals surface area contributed by atoms with Gasteiger partial charge in [-0.25, -0.2) is 0 Å². The Balaban J connectivity index is 0.00000280. The minimum absolute atomic E-state index is 0. The van der Waals surface area contributed by atoms with E-state index in [-0.39, 0.29) is 29.3 Å². The summed E-state index contributed by atoms with van der Waals surface area (Å²) in [5.41, 5.74) is 1.63. The molecule has 2 aromatic carbocycles. The first-order chi connectivity index (χ1) is 13.2. The fourth-order valence-electron chi connectivity index (χ4n) is 3.13. The number of anilines is 1. The van der Waals surface area contributed by atoms with Crippen LogP contribution in [0.3, 0.4) is 0 Å². The fraction of sp³-hybridized carbons (Fsp3) is 0.364. The van der Waals surface area contributed by atoms with Crippen LogP contribution in [-0.2, 0) is 0 Å². The molecule has 0 fully saturated rings. The van der Waals surface area contributed by atoms with Crippen molar-refractivity contribution in [1.82, 2.24) is 0 Å². The lowest BCUT2D eigenvalue weighted by molar-refractivity contribution is 0.100. The molecule has 0 bridgehead atoms. The molecule has 5 nitrogen and oxygen atoms in total. The van der Waals surface area contributed by atoms with E-state index in [9.17, 15) is 4.79 Å². The number of Topliss-reactive ketones (excluding diaryl/α,β-unsaturated/α-hetero) is 1. The molecule has 1 heterocycles. The Kier molecular flexibility index (Phi) is 8.51. The smallest absolute Gasteiger partial charge is 0.182 e. The molecule has 1 aliphatic rings. The Morgan fingerprint density at radius 2 is 1.71 bits per heavy atom. The Morgan fingerprint density at radius 3 is 2.29 bits per heavy atom. The van der Waals surface area contributed by atoms with Gasteiger partial charge in [0.15, 0.2) is 5.78 Å². The van der Waals surface area contributed by atoms with Crippen molar-refractivity contribution in [2.45, 2.75) is 26.2 Å². The molecule has 0 unspecified atom stereocenters. The molecule has 0 atom stereocenters. The second-order valence-corrected chi connectivity index (χ2v) is 6.42. The number of aliphatic imine (C=N–C) groups is 1. The van der Waals surface area contributed by atoms with E-state index in [4.69, 9.17) is 9.47 Å². The van der Waals surface area contributed by atoms with Gasteiger partial charge >= 0.3 is 0 Å². The number of ether oxygens (including phenoxy) is 2. The van der Waals surface area contributed by atoms with Crippen LogP contribution in [-0.4, -0.2) is 38.4 Å². The third kappa shape index (κ3) is 5.58. The predicted octanol–water partition coefficient (Wildman–Crippen LogP) is 4.94. The van der Waals surface area contributed by atoms with E-state index in [1.807, 2.05) is 60.4 Å². The molecule has 0 N–H and O–H groups in total. The van der Waals surface area contributed by atoms with Gasteiger partial charge in [0.25, 0.3) is 0 Å². The van der Waals surface area contributed by atoms with Crippen LogP contribution in [0.15, 0.2) is 53.5 Å². The van der Waals surface area contributed by atoms with Crippen LogP contribution in [0.25, 0.3) is 0 Å². The van der Waals surface area contributed by atoms with Crippen LogP contribution in [0.4, 0.5) is 5.69 Å². The van der Waals surface area contributed by atoms with Crippen molar-refractivity contribution in [1.29, 1.82) is 0 Å². The minimum atomic E-state index is 0. The van der Waals surface area contributed by atoms with E-state index in [0.29, 0.717) is 12.2 Å². The number of carbonyl (C=O) groups excluding carboxylic acids is 1. The average molecular weight is 447 g/mol. The molecule has 1 aliphatic heterocycles. The third-order valence-electron chi connectivity index (χ3n) is 4.59. The number of hydrogen-bond donors (Lipinski definition) is 0.